The molecule has 21 heavy (non-hydrogen) atoms. The smallest absolute Gasteiger partial charge is 0.152 e. The Balaban J connectivity index is 1.93. The number of hydrogen-bond donors (Lipinski definition) is 2. The summed E-state index contributed by atoms with van der Waals surface area (Å²) in [5.74, 6) is 8.76. The van der Waals surface area contributed by atoms with Crippen LogP contribution in [0.5, 0.6) is 0 Å². The maximum atomic E-state index is 5.67. The van der Waals surface area contributed by atoms with E-state index in [1.807, 2.05) is 0 Å². The number of nitrogen functional groups attached to an aromatic ring is 1. The van der Waals surface area contributed by atoms with Gasteiger partial charge in [-0.1, -0.05) is 13.8 Å². The Kier molecular flexibility index (Phi) is 3.86. The first-order valence-electron chi connectivity index (χ1n) is 7.45. The van der Waals surface area contributed by atoms with E-state index in [1.165, 1.54) is 10.4 Å². The van der Waals surface area contributed by atoms with Crippen LogP contribution >= 0.6 is 11.3 Å². The molecule has 1 saturated heterocycles. The van der Waals surface area contributed by atoms with Crippen molar-refractivity contribution in [2.45, 2.75) is 34.2 Å². The zero-order valence-corrected chi connectivity index (χ0v) is 13.9. The standard InChI is InChI=1S/C15H23N5S/c1-8-5-20(6-9(8)2)7-12-17-14(19-16)13-10(3)11(4)21-15(13)18-12/h8-9H,5-7,16H2,1-4H3,(H,17,18,19). The lowest BCUT2D eigenvalue weighted by Crippen LogP contribution is -2.22. The number of rotatable bonds is 3. The molecule has 0 bridgehead atoms. The van der Waals surface area contributed by atoms with Gasteiger partial charge < -0.3 is 5.43 Å². The van der Waals surface area contributed by atoms with Gasteiger partial charge in [-0.3, -0.25) is 4.90 Å². The SMILES string of the molecule is Cc1sc2nc(CN3CC(C)C(C)C3)nc(NN)c2c1C. The maximum Gasteiger partial charge on any atom is 0.152 e. The second kappa shape index (κ2) is 5.51. The molecule has 0 aromatic carbocycles. The molecule has 3 heterocycles. The minimum Gasteiger partial charge on any atom is -0.308 e. The summed E-state index contributed by atoms with van der Waals surface area (Å²) >= 11 is 1.72. The fourth-order valence-corrected chi connectivity index (χ4v) is 4.10. The highest BCUT2D eigenvalue weighted by Gasteiger charge is 2.26. The van der Waals surface area contributed by atoms with E-state index >= 15 is 0 Å². The number of nitrogens with zero attached hydrogens (tertiary/aromatic N) is 3. The van der Waals surface area contributed by atoms with Crippen molar-refractivity contribution in [3.05, 3.63) is 16.3 Å². The molecular formula is C15H23N5S. The summed E-state index contributed by atoms with van der Waals surface area (Å²) in [6.07, 6.45) is 0. The van der Waals surface area contributed by atoms with Crippen LogP contribution in [0.15, 0.2) is 0 Å². The molecule has 0 saturated carbocycles. The molecule has 2 unspecified atom stereocenters. The average Bonchev–Trinajstić information content (AvgIpc) is 2.90. The highest BCUT2D eigenvalue weighted by molar-refractivity contribution is 7.18. The van der Waals surface area contributed by atoms with Crippen LogP contribution < -0.4 is 11.3 Å². The third-order valence-corrected chi connectivity index (χ3v) is 5.74. The van der Waals surface area contributed by atoms with Crippen LogP contribution in [0.2, 0.25) is 0 Å². The van der Waals surface area contributed by atoms with Crippen molar-refractivity contribution in [1.82, 2.24) is 14.9 Å². The van der Waals surface area contributed by atoms with E-state index in [0.717, 1.165) is 53.3 Å². The molecule has 1 fully saturated rings. The number of nitrogens with one attached hydrogen (secondary N) is 1. The maximum absolute atomic E-state index is 5.67. The first-order chi connectivity index (χ1) is 9.99. The quantitative estimate of drug-likeness (QED) is 0.674. The fourth-order valence-electron chi connectivity index (χ4n) is 3.05. The Hall–Kier alpha value is -1.24. The van der Waals surface area contributed by atoms with Gasteiger partial charge in [-0.2, -0.15) is 0 Å². The molecule has 6 heteroatoms. The van der Waals surface area contributed by atoms with Crippen LogP contribution in [0.1, 0.15) is 30.1 Å². The number of aryl methyl sites for hydroxylation is 2. The zero-order chi connectivity index (χ0) is 15.1. The van der Waals surface area contributed by atoms with Gasteiger partial charge in [-0.25, -0.2) is 15.8 Å². The number of likely N-dealkylation sites (tertiary alicyclic amines) is 1. The van der Waals surface area contributed by atoms with Crippen LogP contribution in [0.3, 0.4) is 0 Å². The fraction of sp³-hybridized carbons (Fsp3) is 0.600. The number of thiophene rings is 1. The molecule has 2 aromatic rings. The Morgan fingerprint density at radius 2 is 1.90 bits per heavy atom. The molecule has 3 rings (SSSR count). The molecule has 3 N–H and O–H groups in total. The number of aromatic nitrogens is 2. The minimum atomic E-state index is 0.743. The summed E-state index contributed by atoms with van der Waals surface area (Å²) in [5, 5.41) is 1.06. The Bertz CT molecular complexity index is 656. The lowest BCUT2D eigenvalue weighted by molar-refractivity contribution is 0.308. The van der Waals surface area contributed by atoms with Crippen molar-refractivity contribution in [2.24, 2.45) is 17.7 Å². The third kappa shape index (κ3) is 2.63. The molecule has 1 aliphatic heterocycles. The molecule has 0 aliphatic carbocycles. The van der Waals surface area contributed by atoms with E-state index < -0.39 is 0 Å². The second-order valence-corrected chi connectivity index (χ2v) is 7.45. The monoisotopic (exact) mass is 305 g/mol. The Labute approximate surface area is 129 Å². The summed E-state index contributed by atoms with van der Waals surface area (Å²) in [4.78, 5) is 14.1. The molecular weight excluding hydrogens is 282 g/mol. The van der Waals surface area contributed by atoms with Crippen LogP contribution in [-0.4, -0.2) is 28.0 Å². The first kappa shape index (κ1) is 14.7. The predicted octanol–water partition coefficient (Wildman–Crippen LogP) is 2.68. The highest BCUT2D eigenvalue weighted by Crippen LogP contribution is 2.33. The number of fused-ring (bicyclic) bond motifs is 1. The van der Waals surface area contributed by atoms with Crippen molar-refractivity contribution < 1.29 is 0 Å². The average molecular weight is 305 g/mol. The van der Waals surface area contributed by atoms with Gasteiger partial charge in [0.25, 0.3) is 0 Å². The lowest BCUT2D eigenvalue weighted by Gasteiger charge is -2.15. The van der Waals surface area contributed by atoms with Crippen molar-refractivity contribution in [1.29, 1.82) is 0 Å². The largest absolute Gasteiger partial charge is 0.308 e. The molecule has 0 amide bonds. The van der Waals surface area contributed by atoms with E-state index in [2.05, 4.69) is 43.0 Å². The summed E-state index contributed by atoms with van der Waals surface area (Å²) < 4.78 is 0. The van der Waals surface area contributed by atoms with Crippen LogP contribution in [0.25, 0.3) is 10.2 Å². The van der Waals surface area contributed by atoms with E-state index in [-0.39, 0.29) is 0 Å². The van der Waals surface area contributed by atoms with Gasteiger partial charge in [0.1, 0.15) is 10.7 Å². The Morgan fingerprint density at radius 3 is 2.52 bits per heavy atom. The number of nitrogens with two attached hydrogens (primary N) is 1. The normalized spacial score (nSPS) is 23.1. The number of hydrazine groups is 1. The molecule has 5 nitrogen and oxygen atoms in total. The topological polar surface area (TPSA) is 67.1 Å². The molecule has 114 valence electrons. The van der Waals surface area contributed by atoms with Crippen LogP contribution in [0, 0.1) is 25.7 Å². The molecule has 2 aromatic heterocycles. The zero-order valence-electron chi connectivity index (χ0n) is 13.1. The van der Waals surface area contributed by atoms with Gasteiger partial charge in [0.15, 0.2) is 5.82 Å². The van der Waals surface area contributed by atoms with Gasteiger partial charge in [0.2, 0.25) is 0 Å². The lowest BCUT2D eigenvalue weighted by atomic mass is 10.0. The van der Waals surface area contributed by atoms with Gasteiger partial charge in [-0.15, -0.1) is 11.3 Å². The van der Waals surface area contributed by atoms with Crippen LogP contribution in [-0.2, 0) is 6.54 Å². The van der Waals surface area contributed by atoms with Crippen molar-refractivity contribution in [2.75, 3.05) is 18.5 Å². The van der Waals surface area contributed by atoms with Gasteiger partial charge in [-0.05, 0) is 31.2 Å². The summed E-state index contributed by atoms with van der Waals surface area (Å²) in [6.45, 7) is 11.9. The van der Waals surface area contributed by atoms with E-state index in [0.29, 0.717) is 0 Å². The van der Waals surface area contributed by atoms with Gasteiger partial charge in [0.05, 0.1) is 11.9 Å². The number of hydrogen-bond acceptors (Lipinski definition) is 6. The molecule has 1 aliphatic rings. The molecule has 0 radical (unpaired) electrons. The van der Waals surface area contributed by atoms with Gasteiger partial charge >= 0.3 is 0 Å². The molecule has 0 spiro atoms. The van der Waals surface area contributed by atoms with Crippen LogP contribution in [0.4, 0.5) is 5.82 Å². The molecule has 2 atom stereocenters. The summed E-state index contributed by atoms with van der Waals surface area (Å²) in [5.41, 5.74) is 3.96. The van der Waals surface area contributed by atoms with E-state index in [9.17, 15) is 0 Å². The van der Waals surface area contributed by atoms with Crippen molar-refractivity contribution in [3.63, 3.8) is 0 Å². The van der Waals surface area contributed by atoms with Crippen molar-refractivity contribution >= 4 is 27.4 Å². The minimum absolute atomic E-state index is 0.743. The highest BCUT2D eigenvalue weighted by atomic mass is 32.1. The Morgan fingerprint density at radius 1 is 1.24 bits per heavy atom. The van der Waals surface area contributed by atoms with Crippen molar-refractivity contribution in [3.8, 4) is 0 Å². The third-order valence-electron chi connectivity index (χ3n) is 4.64. The first-order valence-corrected chi connectivity index (χ1v) is 8.26. The predicted molar refractivity (Wildman–Crippen MR) is 88.3 cm³/mol. The number of anilines is 1. The van der Waals surface area contributed by atoms with E-state index in [4.69, 9.17) is 10.8 Å². The van der Waals surface area contributed by atoms with E-state index in [1.54, 1.807) is 11.3 Å². The summed E-state index contributed by atoms with van der Waals surface area (Å²) in [7, 11) is 0. The second-order valence-electron chi connectivity index (χ2n) is 6.24. The summed E-state index contributed by atoms with van der Waals surface area (Å²) in [6, 6.07) is 0. The van der Waals surface area contributed by atoms with Gasteiger partial charge in [0, 0.05) is 18.0 Å².